The Morgan fingerprint density at radius 1 is 1.88 bits per heavy atom. The van der Waals surface area contributed by atoms with E-state index in [2.05, 4.69) is 16.5 Å². The van der Waals surface area contributed by atoms with Gasteiger partial charge in [-0.25, -0.2) is 4.79 Å². The SMILES string of the molecule is NOC(=O)C(N)NF. The minimum absolute atomic E-state index is 0.939. The quantitative estimate of drug-likeness (QED) is 0.228. The van der Waals surface area contributed by atoms with E-state index in [0.29, 0.717) is 0 Å². The van der Waals surface area contributed by atoms with E-state index in [-0.39, 0.29) is 0 Å². The van der Waals surface area contributed by atoms with Crippen molar-refractivity contribution in [3.8, 4) is 0 Å². The van der Waals surface area contributed by atoms with Gasteiger partial charge in [0.25, 0.3) is 0 Å². The second-order valence-electron chi connectivity index (χ2n) is 1.02. The molecule has 1 atom stereocenters. The van der Waals surface area contributed by atoms with Crippen LogP contribution in [-0.2, 0) is 9.63 Å². The predicted octanol–water partition coefficient (Wildman–Crippen LogP) is -1.84. The number of hydrogen-bond donors (Lipinski definition) is 3. The van der Waals surface area contributed by atoms with Crippen molar-refractivity contribution in [2.75, 3.05) is 0 Å². The maximum atomic E-state index is 11.1. The van der Waals surface area contributed by atoms with Crippen molar-refractivity contribution in [3.63, 3.8) is 0 Å². The van der Waals surface area contributed by atoms with E-state index in [1.165, 1.54) is 0 Å². The first-order valence-electron chi connectivity index (χ1n) is 1.74. The van der Waals surface area contributed by atoms with Crippen LogP contribution < -0.4 is 17.2 Å². The Morgan fingerprint density at radius 3 is 2.50 bits per heavy atom. The van der Waals surface area contributed by atoms with Crippen LogP contribution in [0.3, 0.4) is 0 Å². The van der Waals surface area contributed by atoms with Gasteiger partial charge in [0.1, 0.15) is 0 Å². The molecule has 0 aliphatic rings. The van der Waals surface area contributed by atoms with E-state index in [0.717, 1.165) is 5.54 Å². The second kappa shape index (κ2) is 3.30. The molecule has 48 valence electrons. The molecular weight excluding hydrogens is 117 g/mol. The second-order valence-corrected chi connectivity index (χ2v) is 1.02. The number of halogens is 1. The number of rotatable bonds is 2. The van der Waals surface area contributed by atoms with Crippen molar-refractivity contribution >= 4 is 5.97 Å². The Kier molecular flexibility index (Phi) is 3.01. The van der Waals surface area contributed by atoms with Crippen molar-refractivity contribution < 1.29 is 14.1 Å². The molecule has 0 aliphatic carbocycles. The number of hydrogen-bond acceptors (Lipinski definition) is 5. The summed E-state index contributed by atoms with van der Waals surface area (Å²) in [7, 11) is 0. The molecule has 0 rings (SSSR count). The molecule has 6 heteroatoms. The summed E-state index contributed by atoms with van der Waals surface area (Å²) in [6.07, 6.45) is -1.49. The van der Waals surface area contributed by atoms with Crippen LogP contribution in [0, 0.1) is 0 Å². The molecule has 0 spiro atoms. The Hall–Kier alpha value is -0.720. The third kappa shape index (κ3) is 1.82. The first-order chi connectivity index (χ1) is 3.72. The van der Waals surface area contributed by atoms with Crippen LogP contribution in [0.15, 0.2) is 0 Å². The van der Waals surface area contributed by atoms with Gasteiger partial charge < -0.3 is 10.6 Å². The summed E-state index contributed by atoms with van der Waals surface area (Å²) in [6, 6.07) is 0. The molecule has 0 aliphatic heterocycles. The van der Waals surface area contributed by atoms with Crippen molar-refractivity contribution in [2.45, 2.75) is 6.17 Å². The highest BCUT2D eigenvalue weighted by molar-refractivity contribution is 5.74. The standard InChI is InChI=1S/C2H6FN3O2/c3-6-1(4)2(7)8-5/h1,6H,4-5H2. The fraction of sp³-hybridized carbons (Fsp3) is 0.500. The van der Waals surface area contributed by atoms with Crippen molar-refractivity contribution in [3.05, 3.63) is 0 Å². The topological polar surface area (TPSA) is 90.4 Å². The molecule has 0 amide bonds. The van der Waals surface area contributed by atoms with E-state index >= 15 is 0 Å². The predicted molar refractivity (Wildman–Crippen MR) is 22.5 cm³/mol. The lowest BCUT2D eigenvalue weighted by molar-refractivity contribution is -0.148. The van der Waals surface area contributed by atoms with Gasteiger partial charge in [-0.3, -0.25) is 0 Å². The van der Waals surface area contributed by atoms with Crippen LogP contribution in [0.4, 0.5) is 4.48 Å². The van der Waals surface area contributed by atoms with Crippen molar-refractivity contribution in [2.24, 2.45) is 11.6 Å². The zero-order valence-corrected chi connectivity index (χ0v) is 3.93. The Morgan fingerprint density at radius 2 is 2.38 bits per heavy atom. The Balaban J connectivity index is 3.46. The van der Waals surface area contributed by atoms with Gasteiger partial charge in [0, 0.05) is 0 Å². The van der Waals surface area contributed by atoms with Gasteiger partial charge in [-0.05, 0) is 0 Å². The summed E-state index contributed by atoms with van der Waals surface area (Å²) in [6.45, 7) is 0. The zero-order chi connectivity index (χ0) is 6.57. The molecule has 0 fully saturated rings. The lowest BCUT2D eigenvalue weighted by Crippen LogP contribution is -2.42. The fourth-order valence-electron chi connectivity index (χ4n) is 0.118. The molecule has 0 saturated heterocycles. The van der Waals surface area contributed by atoms with Gasteiger partial charge in [0.2, 0.25) is 0 Å². The molecule has 1 unspecified atom stereocenters. The lowest BCUT2D eigenvalue weighted by Gasteiger charge is -2.01. The minimum atomic E-state index is -1.49. The summed E-state index contributed by atoms with van der Waals surface area (Å²) in [5.74, 6) is 3.26. The molecule has 0 aromatic heterocycles. The number of carbonyl (C=O) groups is 1. The van der Waals surface area contributed by atoms with E-state index in [1.54, 1.807) is 0 Å². The number of nitrogens with two attached hydrogens (primary N) is 2. The minimum Gasteiger partial charge on any atom is -0.371 e. The summed E-state index contributed by atoms with van der Waals surface area (Å²) in [5.41, 5.74) is 5.63. The van der Waals surface area contributed by atoms with Crippen LogP contribution in [0.5, 0.6) is 0 Å². The van der Waals surface area contributed by atoms with Crippen LogP contribution in [0.2, 0.25) is 0 Å². The molecule has 0 saturated carbocycles. The van der Waals surface area contributed by atoms with Crippen molar-refractivity contribution in [1.29, 1.82) is 0 Å². The number of nitrogens with one attached hydrogen (secondary N) is 1. The molecule has 0 bridgehead atoms. The summed E-state index contributed by atoms with van der Waals surface area (Å²) in [4.78, 5) is 13.5. The van der Waals surface area contributed by atoms with Gasteiger partial charge in [-0.15, -0.1) is 10.0 Å². The molecule has 0 aromatic carbocycles. The van der Waals surface area contributed by atoms with Gasteiger partial charge in [0.15, 0.2) is 6.17 Å². The fourth-order valence-corrected chi connectivity index (χ4v) is 0.118. The molecule has 0 heterocycles. The molecule has 5 N–H and O–H groups in total. The van der Waals surface area contributed by atoms with E-state index in [1.807, 2.05) is 0 Å². The molecule has 0 radical (unpaired) electrons. The smallest absolute Gasteiger partial charge is 0.358 e. The normalized spacial score (nSPS) is 12.9. The van der Waals surface area contributed by atoms with E-state index in [9.17, 15) is 9.28 Å². The van der Waals surface area contributed by atoms with Crippen LogP contribution >= 0.6 is 0 Å². The monoisotopic (exact) mass is 123 g/mol. The van der Waals surface area contributed by atoms with Crippen LogP contribution in [-0.4, -0.2) is 12.1 Å². The summed E-state index contributed by atoms with van der Waals surface area (Å²) in [5, 5.41) is 0. The van der Waals surface area contributed by atoms with Gasteiger partial charge >= 0.3 is 5.97 Å². The summed E-state index contributed by atoms with van der Waals surface area (Å²) < 4.78 is 11.1. The van der Waals surface area contributed by atoms with E-state index in [4.69, 9.17) is 0 Å². The van der Waals surface area contributed by atoms with E-state index < -0.39 is 12.1 Å². The zero-order valence-electron chi connectivity index (χ0n) is 3.93. The summed E-state index contributed by atoms with van der Waals surface area (Å²) >= 11 is 0. The average Bonchev–Trinajstić information content (AvgIpc) is 1.84. The lowest BCUT2D eigenvalue weighted by atomic mass is 10.6. The third-order valence-corrected chi connectivity index (χ3v) is 0.488. The largest absolute Gasteiger partial charge is 0.371 e. The highest BCUT2D eigenvalue weighted by Crippen LogP contribution is 1.73. The maximum absolute atomic E-state index is 11.1. The molecular formula is C2H6FN3O2. The van der Waals surface area contributed by atoms with Crippen LogP contribution in [0.25, 0.3) is 0 Å². The highest BCUT2D eigenvalue weighted by atomic mass is 19.2. The maximum Gasteiger partial charge on any atom is 0.358 e. The van der Waals surface area contributed by atoms with Gasteiger partial charge in [-0.2, -0.15) is 5.90 Å². The van der Waals surface area contributed by atoms with Gasteiger partial charge in [-0.1, -0.05) is 0 Å². The highest BCUT2D eigenvalue weighted by Gasteiger charge is 2.11. The van der Waals surface area contributed by atoms with Crippen LogP contribution in [0.1, 0.15) is 0 Å². The molecule has 5 nitrogen and oxygen atoms in total. The van der Waals surface area contributed by atoms with Gasteiger partial charge in [0.05, 0.1) is 0 Å². The molecule has 0 aromatic rings. The Labute approximate surface area is 44.7 Å². The number of carbonyl (C=O) groups excluding carboxylic acids is 1. The Bertz CT molecular complexity index is 87.4. The molecule has 8 heavy (non-hydrogen) atoms. The van der Waals surface area contributed by atoms with Crippen molar-refractivity contribution in [1.82, 2.24) is 5.54 Å². The first kappa shape index (κ1) is 7.28. The first-order valence-corrected chi connectivity index (χ1v) is 1.74. The average molecular weight is 123 g/mol. The third-order valence-electron chi connectivity index (χ3n) is 0.488.